The third kappa shape index (κ3) is 4.43. The third-order valence-electron chi connectivity index (χ3n) is 3.60. The van der Waals surface area contributed by atoms with E-state index < -0.39 is 6.10 Å². The number of nitrogens with one attached hydrogen (secondary N) is 1. The van der Waals surface area contributed by atoms with Crippen LogP contribution in [0.1, 0.15) is 44.4 Å². The Morgan fingerprint density at radius 2 is 1.64 bits per heavy atom. The maximum absolute atomic E-state index is 12.0. The molecule has 0 aromatic heterocycles. The molecule has 0 bridgehead atoms. The van der Waals surface area contributed by atoms with Crippen molar-refractivity contribution in [2.24, 2.45) is 0 Å². The highest BCUT2D eigenvalue weighted by molar-refractivity contribution is 5.91. The number of benzene rings is 2. The fraction of sp³-hybridized carbons (Fsp3) is 0.316. The van der Waals surface area contributed by atoms with Gasteiger partial charge in [0.05, 0.1) is 12.5 Å². The molecule has 2 N–H and O–H groups in total. The van der Waals surface area contributed by atoms with Crippen molar-refractivity contribution in [1.29, 1.82) is 0 Å². The molecule has 2 rings (SSSR count). The van der Waals surface area contributed by atoms with Crippen LogP contribution in [-0.4, -0.2) is 11.0 Å². The minimum atomic E-state index is -0.794. The van der Waals surface area contributed by atoms with E-state index in [0.717, 1.165) is 11.3 Å². The van der Waals surface area contributed by atoms with Gasteiger partial charge in [-0.3, -0.25) is 4.79 Å². The lowest BCUT2D eigenvalue weighted by molar-refractivity contribution is -0.118. The van der Waals surface area contributed by atoms with Gasteiger partial charge in [0.1, 0.15) is 0 Å². The Balaban J connectivity index is 1.97. The predicted molar refractivity (Wildman–Crippen MR) is 89.8 cm³/mol. The molecule has 1 atom stereocenters. The number of hydrogen-bond donors (Lipinski definition) is 2. The zero-order valence-corrected chi connectivity index (χ0v) is 13.3. The molecule has 1 amide bonds. The molecule has 2 aromatic carbocycles. The van der Waals surface area contributed by atoms with Crippen LogP contribution in [0.5, 0.6) is 0 Å². The Bertz CT molecular complexity index is 612. The largest absolute Gasteiger partial charge is 0.388 e. The summed E-state index contributed by atoms with van der Waals surface area (Å²) in [6.45, 7) is 6.43. The molecule has 0 saturated carbocycles. The number of aliphatic hydroxyl groups excluding tert-OH is 1. The molecular weight excluding hydrogens is 274 g/mol. The lowest BCUT2D eigenvalue weighted by Crippen LogP contribution is -2.16. The van der Waals surface area contributed by atoms with E-state index >= 15 is 0 Å². The van der Waals surface area contributed by atoms with Crippen LogP contribution in [0.15, 0.2) is 54.6 Å². The zero-order chi connectivity index (χ0) is 16.2. The van der Waals surface area contributed by atoms with Gasteiger partial charge in [0.25, 0.3) is 0 Å². The van der Waals surface area contributed by atoms with Crippen molar-refractivity contribution in [3.05, 3.63) is 65.7 Å². The fourth-order valence-corrected chi connectivity index (χ4v) is 2.23. The first-order valence-electron chi connectivity index (χ1n) is 7.49. The van der Waals surface area contributed by atoms with E-state index in [2.05, 4.69) is 26.1 Å². The number of aliphatic hydroxyl groups is 1. The van der Waals surface area contributed by atoms with Crippen molar-refractivity contribution in [3.63, 3.8) is 0 Å². The second kappa shape index (κ2) is 6.75. The third-order valence-corrected chi connectivity index (χ3v) is 3.60. The molecule has 22 heavy (non-hydrogen) atoms. The van der Waals surface area contributed by atoms with Gasteiger partial charge in [0.15, 0.2) is 0 Å². The van der Waals surface area contributed by atoms with Crippen LogP contribution >= 0.6 is 0 Å². The Kier molecular flexibility index (Phi) is 4.99. The summed E-state index contributed by atoms with van der Waals surface area (Å²) in [6, 6.07) is 17.0. The summed E-state index contributed by atoms with van der Waals surface area (Å²) in [5.74, 6) is -0.196. The summed E-state index contributed by atoms with van der Waals surface area (Å²) in [5, 5.41) is 13.0. The summed E-state index contributed by atoms with van der Waals surface area (Å²) in [6.07, 6.45) is -0.748. The Labute approximate surface area is 132 Å². The van der Waals surface area contributed by atoms with E-state index in [1.165, 1.54) is 5.56 Å². The van der Waals surface area contributed by atoms with Crippen LogP contribution < -0.4 is 5.32 Å². The first-order chi connectivity index (χ1) is 10.4. The standard InChI is InChI=1S/C19H23NO2/c1-19(2,3)15-11-9-14(10-12-15)17(21)13-18(22)20-16-7-5-4-6-8-16/h4-12,17,21H,13H2,1-3H3,(H,20,22). The summed E-state index contributed by atoms with van der Waals surface area (Å²) in [7, 11) is 0. The fourth-order valence-electron chi connectivity index (χ4n) is 2.23. The Morgan fingerprint density at radius 1 is 1.05 bits per heavy atom. The SMILES string of the molecule is CC(C)(C)c1ccc(C(O)CC(=O)Nc2ccccc2)cc1. The van der Waals surface area contributed by atoms with Gasteiger partial charge < -0.3 is 10.4 Å². The highest BCUT2D eigenvalue weighted by atomic mass is 16.3. The first-order valence-corrected chi connectivity index (χ1v) is 7.49. The van der Waals surface area contributed by atoms with Crippen molar-refractivity contribution < 1.29 is 9.90 Å². The molecule has 0 fully saturated rings. The van der Waals surface area contributed by atoms with Crippen LogP contribution in [0.3, 0.4) is 0 Å². The van der Waals surface area contributed by atoms with Crippen molar-refractivity contribution in [2.45, 2.75) is 38.7 Å². The second-order valence-electron chi connectivity index (χ2n) is 6.51. The van der Waals surface area contributed by atoms with E-state index in [9.17, 15) is 9.90 Å². The van der Waals surface area contributed by atoms with Gasteiger partial charge in [-0.1, -0.05) is 63.2 Å². The van der Waals surface area contributed by atoms with E-state index in [1.807, 2.05) is 54.6 Å². The Morgan fingerprint density at radius 3 is 2.18 bits per heavy atom. The zero-order valence-electron chi connectivity index (χ0n) is 13.3. The number of carbonyl (C=O) groups is 1. The first kappa shape index (κ1) is 16.2. The molecule has 0 radical (unpaired) electrons. The summed E-state index contributed by atoms with van der Waals surface area (Å²) >= 11 is 0. The van der Waals surface area contributed by atoms with Gasteiger partial charge >= 0.3 is 0 Å². The summed E-state index contributed by atoms with van der Waals surface area (Å²) in [4.78, 5) is 12.0. The molecular formula is C19H23NO2. The molecule has 1 unspecified atom stereocenters. The Hall–Kier alpha value is -2.13. The number of anilines is 1. The van der Waals surface area contributed by atoms with E-state index in [0.29, 0.717) is 0 Å². The summed E-state index contributed by atoms with van der Waals surface area (Å²) in [5.41, 5.74) is 2.78. The smallest absolute Gasteiger partial charge is 0.227 e. The molecule has 0 saturated heterocycles. The van der Waals surface area contributed by atoms with Crippen LogP contribution in [-0.2, 0) is 10.2 Å². The van der Waals surface area contributed by atoms with Crippen LogP contribution in [0.2, 0.25) is 0 Å². The highest BCUT2D eigenvalue weighted by Gasteiger charge is 2.16. The molecule has 3 heteroatoms. The number of hydrogen-bond acceptors (Lipinski definition) is 2. The minimum Gasteiger partial charge on any atom is -0.388 e. The number of carbonyl (C=O) groups excluding carboxylic acids is 1. The quantitative estimate of drug-likeness (QED) is 0.894. The maximum atomic E-state index is 12.0. The molecule has 0 aliphatic rings. The normalized spacial score (nSPS) is 12.7. The van der Waals surface area contributed by atoms with E-state index in [-0.39, 0.29) is 17.7 Å². The number of rotatable bonds is 4. The molecule has 2 aromatic rings. The van der Waals surface area contributed by atoms with Gasteiger partial charge in [-0.05, 0) is 28.7 Å². The van der Waals surface area contributed by atoms with Crippen molar-refractivity contribution >= 4 is 11.6 Å². The average Bonchev–Trinajstić information content (AvgIpc) is 2.47. The lowest BCUT2D eigenvalue weighted by atomic mass is 9.86. The van der Waals surface area contributed by atoms with Gasteiger partial charge in [-0.25, -0.2) is 0 Å². The topological polar surface area (TPSA) is 49.3 Å². The number of para-hydroxylation sites is 1. The average molecular weight is 297 g/mol. The molecule has 0 aliphatic heterocycles. The van der Waals surface area contributed by atoms with Crippen molar-refractivity contribution in [1.82, 2.24) is 0 Å². The summed E-state index contributed by atoms with van der Waals surface area (Å²) < 4.78 is 0. The molecule has 0 spiro atoms. The molecule has 0 aliphatic carbocycles. The van der Waals surface area contributed by atoms with Crippen molar-refractivity contribution in [2.75, 3.05) is 5.32 Å². The van der Waals surface area contributed by atoms with Crippen LogP contribution in [0, 0.1) is 0 Å². The molecule has 116 valence electrons. The van der Waals surface area contributed by atoms with Gasteiger partial charge in [-0.2, -0.15) is 0 Å². The molecule has 0 heterocycles. The predicted octanol–water partition coefficient (Wildman–Crippen LogP) is 4.05. The van der Waals surface area contributed by atoms with Gasteiger partial charge in [-0.15, -0.1) is 0 Å². The maximum Gasteiger partial charge on any atom is 0.227 e. The van der Waals surface area contributed by atoms with Crippen LogP contribution in [0.4, 0.5) is 5.69 Å². The highest BCUT2D eigenvalue weighted by Crippen LogP contribution is 2.25. The van der Waals surface area contributed by atoms with Crippen molar-refractivity contribution in [3.8, 4) is 0 Å². The van der Waals surface area contributed by atoms with E-state index in [1.54, 1.807) is 0 Å². The second-order valence-corrected chi connectivity index (χ2v) is 6.51. The lowest BCUT2D eigenvalue weighted by Gasteiger charge is -2.20. The van der Waals surface area contributed by atoms with Gasteiger partial charge in [0, 0.05) is 5.69 Å². The van der Waals surface area contributed by atoms with E-state index in [4.69, 9.17) is 0 Å². The van der Waals surface area contributed by atoms with Gasteiger partial charge in [0.2, 0.25) is 5.91 Å². The number of amides is 1. The molecule has 3 nitrogen and oxygen atoms in total. The monoisotopic (exact) mass is 297 g/mol. The minimum absolute atomic E-state index is 0.0454. The van der Waals surface area contributed by atoms with Crippen LogP contribution in [0.25, 0.3) is 0 Å².